The van der Waals surface area contributed by atoms with Crippen LogP contribution in [0.15, 0.2) is 24.3 Å². The topological polar surface area (TPSA) is 89.0 Å². The molecule has 0 saturated carbocycles. The normalized spacial score (nSPS) is 13.1. The van der Waals surface area contributed by atoms with Gasteiger partial charge in [-0.2, -0.15) is 0 Å². The number of halogens is 2. The fourth-order valence-corrected chi connectivity index (χ4v) is 2.68. The SMILES string of the molecule is COc1cc(C(N)C(N)c2cc(F)c(OC)c(OC)c2)cc(F)c1OC. The maximum absolute atomic E-state index is 14.2. The summed E-state index contributed by atoms with van der Waals surface area (Å²) >= 11 is 0. The lowest BCUT2D eigenvalue weighted by atomic mass is 9.94. The summed E-state index contributed by atoms with van der Waals surface area (Å²) in [6.45, 7) is 0. The third kappa shape index (κ3) is 3.66. The molecule has 0 amide bonds. The van der Waals surface area contributed by atoms with E-state index < -0.39 is 23.7 Å². The van der Waals surface area contributed by atoms with Gasteiger partial charge in [-0.15, -0.1) is 0 Å². The highest BCUT2D eigenvalue weighted by Crippen LogP contribution is 2.38. The summed E-state index contributed by atoms with van der Waals surface area (Å²) in [6.07, 6.45) is 0. The van der Waals surface area contributed by atoms with Gasteiger partial charge in [0, 0.05) is 12.1 Å². The summed E-state index contributed by atoms with van der Waals surface area (Å²) in [7, 11) is 5.43. The highest BCUT2D eigenvalue weighted by Gasteiger charge is 2.24. The van der Waals surface area contributed by atoms with Crippen LogP contribution in [0.1, 0.15) is 23.2 Å². The van der Waals surface area contributed by atoms with Gasteiger partial charge in [0.2, 0.25) is 0 Å². The number of benzene rings is 2. The molecule has 26 heavy (non-hydrogen) atoms. The van der Waals surface area contributed by atoms with Gasteiger partial charge in [-0.05, 0) is 35.4 Å². The van der Waals surface area contributed by atoms with Crippen LogP contribution < -0.4 is 30.4 Å². The lowest BCUT2D eigenvalue weighted by Gasteiger charge is -2.23. The Morgan fingerprint density at radius 1 is 0.654 bits per heavy atom. The largest absolute Gasteiger partial charge is 0.493 e. The highest BCUT2D eigenvalue weighted by atomic mass is 19.1. The molecule has 0 spiro atoms. The van der Waals surface area contributed by atoms with Crippen LogP contribution in [0.4, 0.5) is 8.78 Å². The Bertz CT molecular complexity index is 721. The Labute approximate surface area is 150 Å². The number of hydrogen-bond donors (Lipinski definition) is 2. The maximum atomic E-state index is 14.2. The van der Waals surface area contributed by atoms with Crippen LogP contribution in [0.25, 0.3) is 0 Å². The minimum absolute atomic E-state index is 0.0332. The number of nitrogens with two attached hydrogens (primary N) is 2. The van der Waals surface area contributed by atoms with Crippen molar-refractivity contribution < 1.29 is 27.7 Å². The lowest BCUT2D eigenvalue weighted by molar-refractivity contribution is 0.335. The summed E-state index contributed by atoms with van der Waals surface area (Å²) in [5.74, 6) is -0.971. The molecule has 142 valence electrons. The Morgan fingerprint density at radius 3 is 1.27 bits per heavy atom. The molecule has 0 aliphatic heterocycles. The summed E-state index contributed by atoms with van der Waals surface area (Å²) in [4.78, 5) is 0. The van der Waals surface area contributed by atoms with Crippen molar-refractivity contribution in [2.75, 3.05) is 28.4 Å². The Hall–Kier alpha value is -2.58. The Balaban J connectivity index is 2.43. The highest BCUT2D eigenvalue weighted by molar-refractivity contribution is 5.48. The average Bonchev–Trinajstić information content (AvgIpc) is 2.65. The zero-order valence-electron chi connectivity index (χ0n) is 15.0. The van der Waals surface area contributed by atoms with Crippen molar-refractivity contribution in [1.82, 2.24) is 0 Å². The molecule has 0 bridgehead atoms. The van der Waals surface area contributed by atoms with E-state index in [0.29, 0.717) is 11.1 Å². The van der Waals surface area contributed by atoms with E-state index in [9.17, 15) is 8.78 Å². The molecule has 0 aliphatic rings. The molecule has 0 saturated heterocycles. The molecule has 0 radical (unpaired) electrons. The molecule has 6 nitrogen and oxygen atoms in total. The van der Waals surface area contributed by atoms with Crippen molar-refractivity contribution in [3.05, 3.63) is 47.0 Å². The zero-order valence-corrected chi connectivity index (χ0v) is 15.0. The van der Waals surface area contributed by atoms with Crippen molar-refractivity contribution >= 4 is 0 Å². The first-order chi connectivity index (χ1) is 12.4. The van der Waals surface area contributed by atoms with Gasteiger partial charge in [-0.1, -0.05) is 0 Å². The number of rotatable bonds is 7. The summed E-state index contributed by atoms with van der Waals surface area (Å²) < 4.78 is 48.6. The van der Waals surface area contributed by atoms with Crippen LogP contribution in [0, 0.1) is 11.6 Å². The van der Waals surface area contributed by atoms with Crippen molar-refractivity contribution in [3.63, 3.8) is 0 Å². The second-order valence-corrected chi connectivity index (χ2v) is 5.53. The predicted molar refractivity (Wildman–Crippen MR) is 92.9 cm³/mol. The Morgan fingerprint density at radius 2 is 1.00 bits per heavy atom. The lowest BCUT2D eigenvalue weighted by Crippen LogP contribution is -2.27. The number of methoxy groups -OCH3 is 4. The second kappa shape index (κ2) is 8.20. The van der Waals surface area contributed by atoms with Crippen LogP contribution in [-0.4, -0.2) is 28.4 Å². The number of hydrogen-bond acceptors (Lipinski definition) is 6. The minimum Gasteiger partial charge on any atom is -0.493 e. The fraction of sp³-hybridized carbons (Fsp3) is 0.333. The molecule has 0 aliphatic carbocycles. The molecule has 2 aromatic carbocycles. The van der Waals surface area contributed by atoms with E-state index >= 15 is 0 Å². The molecule has 2 aromatic rings. The third-order valence-electron chi connectivity index (χ3n) is 4.07. The van der Waals surface area contributed by atoms with Gasteiger partial charge in [0.15, 0.2) is 34.6 Å². The molecular formula is C18H22F2N2O4. The van der Waals surface area contributed by atoms with Gasteiger partial charge in [0.25, 0.3) is 0 Å². The van der Waals surface area contributed by atoms with Crippen molar-refractivity contribution in [3.8, 4) is 23.0 Å². The fourth-order valence-electron chi connectivity index (χ4n) is 2.68. The standard InChI is InChI=1S/C18H22F2N2O4/c1-23-13-7-9(5-11(19)17(13)25-3)15(21)16(22)10-6-12(20)18(26-4)14(8-10)24-2/h5-8,15-16H,21-22H2,1-4H3. The van der Waals surface area contributed by atoms with E-state index in [0.717, 1.165) is 0 Å². The molecule has 0 heterocycles. The first-order valence-corrected chi connectivity index (χ1v) is 7.71. The van der Waals surface area contributed by atoms with E-state index in [1.54, 1.807) is 0 Å². The molecule has 2 atom stereocenters. The summed E-state index contributed by atoms with van der Waals surface area (Å²) in [5.41, 5.74) is 13.1. The van der Waals surface area contributed by atoms with Gasteiger partial charge in [-0.3, -0.25) is 0 Å². The molecule has 8 heteroatoms. The van der Waals surface area contributed by atoms with E-state index in [2.05, 4.69) is 0 Å². The monoisotopic (exact) mass is 368 g/mol. The average molecular weight is 368 g/mol. The molecule has 4 N–H and O–H groups in total. The van der Waals surface area contributed by atoms with Crippen LogP contribution in [0.2, 0.25) is 0 Å². The van der Waals surface area contributed by atoms with Crippen LogP contribution in [0.3, 0.4) is 0 Å². The first kappa shape index (κ1) is 19.7. The van der Waals surface area contributed by atoms with Crippen LogP contribution in [-0.2, 0) is 0 Å². The molecular weight excluding hydrogens is 346 g/mol. The smallest absolute Gasteiger partial charge is 0.196 e. The minimum atomic E-state index is -0.832. The molecule has 0 fully saturated rings. The number of ether oxygens (including phenoxy) is 4. The van der Waals surface area contributed by atoms with E-state index in [1.807, 2.05) is 0 Å². The maximum Gasteiger partial charge on any atom is 0.196 e. The van der Waals surface area contributed by atoms with E-state index in [4.69, 9.17) is 30.4 Å². The van der Waals surface area contributed by atoms with Gasteiger partial charge in [0.1, 0.15) is 0 Å². The van der Waals surface area contributed by atoms with Gasteiger partial charge in [0.05, 0.1) is 28.4 Å². The predicted octanol–water partition coefficient (Wildman–Crippen LogP) is 2.70. The zero-order chi connectivity index (χ0) is 19.4. The van der Waals surface area contributed by atoms with Gasteiger partial charge in [-0.25, -0.2) is 8.78 Å². The Kier molecular flexibility index (Phi) is 6.23. The first-order valence-electron chi connectivity index (χ1n) is 7.71. The molecule has 2 unspecified atom stereocenters. The third-order valence-corrected chi connectivity index (χ3v) is 4.07. The van der Waals surface area contributed by atoms with E-state index in [-0.39, 0.29) is 23.0 Å². The van der Waals surface area contributed by atoms with Crippen LogP contribution >= 0.6 is 0 Å². The van der Waals surface area contributed by atoms with Crippen molar-refractivity contribution in [2.45, 2.75) is 12.1 Å². The molecule has 0 aromatic heterocycles. The summed E-state index contributed by atoms with van der Waals surface area (Å²) in [6, 6.07) is 3.82. The van der Waals surface area contributed by atoms with Gasteiger partial charge >= 0.3 is 0 Å². The molecule has 2 rings (SSSR count). The van der Waals surface area contributed by atoms with Gasteiger partial charge < -0.3 is 30.4 Å². The summed E-state index contributed by atoms with van der Waals surface area (Å²) in [5, 5.41) is 0. The second-order valence-electron chi connectivity index (χ2n) is 5.53. The van der Waals surface area contributed by atoms with Crippen molar-refractivity contribution in [1.29, 1.82) is 0 Å². The van der Waals surface area contributed by atoms with Crippen LogP contribution in [0.5, 0.6) is 23.0 Å². The van der Waals surface area contributed by atoms with E-state index in [1.165, 1.54) is 52.7 Å². The van der Waals surface area contributed by atoms with Crippen molar-refractivity contribution in [2.24, 2.45) is 11.5 Å². The quantitative estimate of drug-likeness (QED) is 0.781.